The van der Waals surface area contributed by atoms with Gasteiger partial charge < -0.3 is 10.6 Å². The van der Waals surface area contributed by atoms with Crippen molar-refractivity contribution in [3.05, 3.63) is 28.8 Å². The SMILES string of the molecule is CC(N)Cc1ccc(N(C)CC(C)(C)C)cc1Cl. The van der Waals surface area contributed by atoms with E-state index >= 15 is 0 Å². The first-order valence-electron chi connectivity index (χ1n) is 6.44. The van der Waals surface area contributed by atoms with Gasteiger partial charge in [-0.2, -0.15) is 0 Å². The van der Waals surface area contributed by atoms with Crippen molar-refractivity contribution in [2.75, 3.05) is 18.5 Å². The first-order valence-corrected chi connectivity index (χ1v) is 6.82. The monoisotopic (exact) mass is 268 g/mol. The fourth-order valence-electron chi connectivity index (χ4n) is 2.09. The molecule has 0 spiro atoms. The van der Waals surface area contributed by atoms with Crippen molar-refractivity contribution in [3.63, 3.8) is 0 Å². The van der Waals surface area contributed by atoms with Gasteiger partial charge in [0.1, 0.15) is 0 Å². The molecule has 0 amide bonds. The van der Waals surface area contributed by atoms with Gasteiger partial charge in [-0.05, 0) is 36.5 Å². The lowest BCUT2D eigenvalue weighted by Crippen LogP contribution is -2.29. The van der Waals surface area contributed by atoms with Crippen LogP contribution in [0.5, 0.6) is 0 Å². The number of hydrogen-bond acceptors (Lipinski definition) is 2. The first kappa shape index (κ1) is 15.3. The van der Waals surface area contributed by atoms with E-state index in [0.717, 1.165) is 29.2 Å². The highest BCUT2D eigenvalue weighted by atomic mass is 35.5. The average Bonchev–Trinajstić information content (AvgIpc) is 2.17. The summed E-state index contributed by atoms with van der Waals surface area (Å²) in [4.78, 5) is 2.24. The van der Waals surface area contributed by atoms with Gasteiger partial charge in [0, 0.05) is 30.3 Å². The number of benzene rings is 1. The van der Waals surface area contributed by atoms with Gasteiger partial charge in [-0.1, -0.05) is 38.4 Å². The fourth-order valence-corrected chi connectivity index (χ4v) is 2.34. The Morgan fingerprint density at radius 2 is 1.94 bits per heavy atom. The van der Waals surface area contributed by atoms with Gasteiger partial charge in [0.2, 0.25) is 0 Å². The van der Waals surface area contributed by atoms with E-state index in [1.165, 1.54) is 0 Å². The second kappa shape index (κ2) is 5.94. The van der Waals surface area contributed by atoms with Crippen LogP contribution in [-0.2, 0) is 6.42 Å². The van der Waals surface area contributed by atoms with Crippen molar-refractivity contribution in [1.29, 1.82) is 0 Å². The number of anilines is 1. The molecule has 0 bridgehead atoms. The molecule has 1 unspecified atom stereocenters. The van der Waals surface area contributed by atoms with Gasteiger partial charge in [0.15, 0.2) is 0 Å². The van der Waals surface area contributed by atoms with Crippen molar-refractivity contribution in [2.24, 2.45) is 11.1 Å². The Balaban J connectivity index is 2.83. The minimum absolute atomic E-state index is 0.139. The highest BCUT2D eigenvalue weighted by molar-refractivity contribution is 6.31. The fraction of sp³-hybridized carbons (Fsp3) is 0.600. The maximum atomic E-state index is 6.31. The summed E-state index contributed by atoms with van der Waals surface area (Å²) in [6, 6.07) is 6.38. The predicted molar refractivity (Wildman–Crippen MR) is 81.5 cm³/mol. The summed E-state index contributed by atoms with van der Waals surface area (Å²) in [5, 5.41) is 0.811. The summed E-state index contributed by atoms with van der Waals surface area (Å²) in [6.45, 7) is 9.69. The van der Waals surface area contributed by atoms with Crippen LogP contribution in [0, 0.1) is 5.41 Å². The van der Waals surface area contributed by atoms with E-state index in [0.29, 0.717) is 0 Å². The van der Waals surface area contributed by atoms with E-state index in [1.807, 2.05) is 13.0 Å². The van der Waals surface area contributed by atoms with Crippen LogP contribution >= 0.6 is 11.6 Å². The van der Waals surface area contributed by atoms with Crippen LogP contribution in [0.3, 0.4) is 0 Å². The van der Waals surface area contributed by atoms with Crippen LogP contribution in [0.4, 0.5) is 5.69 Å². The Kier molecular flexibility index (Phi) is 5.06. The zero-order valence-electron chi connectivity index (χ0n) is 12.1. The number of rotatable bonds is 4. The molecule has 2 N–H and O–H groups in total. The van der Waals surface area contributed by atoms with E-state index in [1.54, 1.807) is 0 Å². The van der Waals surface area contributed by atoms with E-state index < -0.39 is 0 Å². The van der Waals surface area contributed by atoms with Crippen LogP contribution in [0.15, 0.2) is 18.2 Å². The quantitative estimate of drug-likeness (QED) is 0.902. The first-order chi connectivity index (χ1) is 8.19. The standard InChI is InChI=1S/C15H25ClN2/c1-11(17)8-12-6-7-13(9-14(12)16)18(5)10-15(2,3)4/h6-7,9,11H,8,10,17H2,1-5H3. The van der Waals surface area contributed by atoms with Gasteiger partial charge in [-0.15, -0.1) is 0 Å². The van der Waals surface area contributed by atoms with Gasteiger partial charge in [0.25, 0.3) is 0 Å². The van der Waals surface area contributed by atoms with E-state index in [2.05, 4.69) is 44.9 Å². The lowest BCUT2D eigenvalue weighted by molar-refractivity contribution is 0.419. The molecule has 3 heteroatoms. The summed E-state index contributed by atoms with van der Waals surface area (Å²) in [7, 11) is 2.10. The van der Waals surface area contributed by atoms with Crippen molar-refractivity contribution in [2.45, 2.75) is 40.2 Å². The lowest BCUT2D eigenvalue weighted by atomic mass is 9.96. The molecule has 0 aliphatic rings. The molecular weight excluding hydrogens is 244 g/mol. The summed E-state index contributed by atoms with van der Waals surface area (Å²) in [5.74, 6) is 0. The molecule has 0 aromatic heterocycles. The number of nitrogens with two attached hydrogens (primary N) is 1. The summed E-state index contributed by atoms with van der Waals surface area (Å²) in [6.07, 6.45) is 0.822. The maximum absolute atomic E-state index is 6.31. The molecule has 1 atom stereocenters. The smallest absolute Gasteiger partial charge is 0.0459 e. The third kappa shape index (κ3) is 4.87. The van der Waals surface area contributed by atoms with Crippen molar-refractivity contribution < 1.29 is 0 Å². The molecule has 1 aromatic carbocycles. The zero-order valence-corrected chi connectivity index (χ0v) is 12.9. The Labute approximate surface area is 116 Å². The lowest BCUT2D eigenvalue weighted by Gasteiger charge is -2.28. The molecule has 0 saturated carbocycles. The Morgan fingerprint density at radius 1 is 1.33 bits per heavy atom. The number of halogens is 1. The number of hydrogen-bond donors (Lipinski definition) is 1. The van der Waals surface area contributed by atoms with Crippen molar-refractivity contribution in [1.82, 2.24) is 0 Å². The van der Waals surface area contributed by atoms with Crippen molar-refractivity contribution >= 4 is 17.3 Å². The van der Waals surface area contributed by atoms with Crippen LogP contribution in [0.2, 0.25) is 5.02 Å². The van der Waals surface area contributed by atoms with Crippen LogP contribution in [0.1, 0.15) is 33.3 Å². The third-order valence-corrected chi connectivity index (χ3v) is 3.08. The molecular formula is C15H25ClN2. The maximum Gasteiger partial charge on any atom is 0.0459 e. The average molecular weight is 269 g/mol. The van der Waals surface area contributed by atoms with Crippen LogP contribution in [0.25, 0.3) is 0 Å². The summed E-state index contributed by atoms with van der Waals surface area (Å²) < 4.78 is 0. The van der Waals surface area contributed by atoms with Crippen LogP contribution < -0.4 is 10.6 Å². The molecule has 102 valence electrons. The molecule has 18 heavy (non-hydrogen) atoms. The van der Waals surface area contributed by atoms with Gasteiger partial charge >= 0.3 is 0 Å². The van der Waals surface area contributed by atoms with E-state index in [4.69, 9.17) is 17.3 Å². The molecule has 0 fully saturated rings. The molecule has 0 radical (unpaired) electrons. The van der Waals surface area contributed by atoms with Gasteiger partial charge in [-0.25, -0.2) is 0 Å². The molecule has 1 rings (SSSR count). The molecule has 0 aliphatic carbocycles. The topological polar surface area (TPSA) is 29.3 Å². The summed E-state index contributed by atoms with van der Waals surface area (Å²) >= 11 is 6.31. The Bertz CT molecular complexity index is 394. The minimum atomic E-state index is 0.139. The van der Waals surface area contributed by atoms with E-state index in [9.17, 15) is 0 Å². The minimum Gasteiger partial charge on any atom is -0.374 e. The van der Waals surface area contributed by atoms with E-state index in [-0.39, 0.29) is 11.5 Å². The molecule has 0 heterocycles. The molecule has 0 saturated heterocycles. The third-order valence-electron chi connectivity index (χ3n) is 2.73. The number of nitrogens with zero attached hydrogens (tertiary/aromatic N) is 1. The molecule has 2 nitrogen and oxygen atoms in total. The molecule has 1 aromatic rings. The van der Waals surface area contributed by atoms with Gasteiger partial charge in [0.05, 0.1) is 0 Å². The second-order valence-corrected chi connectivity index (χ2v) is 6.78. The highest BCUT2D eigenvalue weighted by Crippen LogP contribution is 2.26. The Morgan fingerprint density at radius 3 is 2.39 bits per heavy atom. The largest absolute Gasteiger partial charge is 0.374 e. The predicted octanol–water partition coefficient (Wildman–Crippen LogP) is 3.71. The van der Waals surface area contributed by atoms with Crippen LogP contribution in [-0.4, -0.2) is 19.6 Å². The highest BCUT2D eigenvalue weighted by Gasteiger charge is 2.14. The second-order valence-electron chi connectivity index (χ2n) is 6.37. The van der Waals surface area contributed by atoms with Gasteiger partial charge in [-0.3, -0.25) is 0 Å². The normalized spacial score (nSPS) is 13.5. The molecule has 0 aliphatic heterocycles. The summed E-state index contributed by atoms with van der Waals surface area (Å²) in [5.41, 5.74) is 8.36. The Hall–Kier alpha value is -0.730. The van der Waals surface area contributed by atoms with Crippen molar-refractivity contribution in [3.8, 4) is 0 Å². The zero-order chi connectivity index (χ0) is 13.9.